The third-order valence-corrected chi connectivity index (χ3v) is 4.39. The van der Waals surface area contributed by atoms with Crippen LogP contribution in [0.1, 0.15) is 51.0 Å². The molecule has 1 aliphatic heterocycles. The van der Waals surface area contributed by atoms with Gasteiger partial charge in [-0.25, -0.2) is 4.39 Å². The molecule has 0 aliphatic carbocycles. The largest absolute Gasteiger partial charge is 0.311 e. The maximum Gasteiger partial charge on any atom is 0.142 e. The van der Waals surface area contributed by atoms with Gasteiger partial charge in [0.2, 0.25) is 0 Å². The van der Waals surface area contributed by atoms with Crippen molar-refractivity contribution in [3.63, 3.8) is 0 Å². The van der Waals surface area contributed by atoms with Crippen LogP contribution >= 0.6 is 11.6 Å². The van der Waals surface area contributed by atoms with E-state index in [-0.39, 0.29) is 16.4 Å². The molecule has 2 rings (SSSR count). The van der Waals surface area contributed by atoms with Crippen LogP contribution in [-0.2, 0) is 6.42 Å². The predicted octanol–water partition coefficient (Wildman–Crippen LogP) is 4.72. The van der Waals surface area contributed by atoms with E-state index in [1.54, 1.807) is 12.1 Å². The summed E-state index contributed by atoms with van der Waals surface area (Å²) in [7, 11) is 0. The van der Waals surface area contributed by atoms with Gasteiger partial charge in [0, 0.05) is 5.54 Å². The fraction of sp³-hybridized carbons (Fsp3) is 0.625. The molecule has 1 fully saturated rings. The molecule has 1 aromatic carbocycles. The number of nitrogens with one attached hydrogen (secondary N) is 1. The van der Waals surface area contributed by atoms with Crippen molar-refractivity contribution in [1.29, 1.82) is 0 Å². The second kappa shape index (κ2) is 6.71. The first-order chi connectivity index (χ1) is 9.15. The quantitative estimate of drug-likeness (QED) is 0.843. The zero-order valence-electron chi connectivity index (χ0n) is 11.6. The highest BCUT2D eigenvalue weighted by Crippen LogP contribution is 2.29. The Balaban J connectivity index is 2.16. The van der Waals surface area contributed by atoms with E-state index in [4.69, 9.17) is 11.6 Å². The van der Waals surface area contributed by atoms with Gasteiger partial charge in [-0.2, -0.15) is 0 Å². The molecule has 1 aromatic rings. The van der Waals surface area contributed by atoms with Gasteiger partial charge in [-0.3, -0.25) is 0 Å². The summed E-state index contributed by atoms with van der Waals surface area (Å²) < 4.78 is 13.6. The van der Waals surface area contributed by atoms with Gasteiger partial charge in [-0.1, -0.05) is 43.9 Å². The lowest BCUT2D eigenvalue weighted by Gasteiger charge is -2.34. The number of benzene rings is 1. The third-order valence-electron chi connectivity index (χ3n) is 4.09. The van der Waals surface area contributed by atoms with E-state index in [1.807, 2.05) is 6.07 Å². The molecule has 3 heteroatoms. The first-order valence-electron chi connectivity index (χ1n) is 7.34. The highest BCUT2D eigenvalue weighted by atomic mass is 35.5. The van der Waals surface area contributed by atoms with Crippen LogP contribution < -0.4 is 5.32 Å². The Hall–Kier alpha value is -0.600. The molecule has 0 bridgehead atoms. The van der Waals surface area contributed by atoms with Crippen molar-refractivity contribution in [2.75, 3.05) is 6.54 Å². The van der Waals surface area contributed by atoms with E-state index in [9.17, 15) is 4.39 Å². The van der Waals surface area contributed by atoms with Gasteiger partial charge in [-0.05, 0) is 49.9 Å². The Morgan fingerprint density at radius 2 is 2.16 bits per heavy atom. The van der Waals surface area contributed by atoms with Crippen LogP contribution in [0.25, 0.3) is 0 Å². The molecule has 1 N–H and O–H groups in total. The smallest absolute Gasteiger partial charge is 0.142 e. The number of hydrogen-bond donors (Lipinski definition) is 1. The van der Waals surface area contributed by atoms with Gasteiger partial charge in [-0.15, -0.1) is 0 Å². The number of rotatable bonds is 4. The zero-order chi connectivity index (χ0) is 13.7. The number of hydrogen-bond acceptors (Lipinski definition) is 1. The SMILES string of the molecule is CCCC1(Cc2ccc(Cl)c(F)c2)CCCCCN1. The molecular formula is C16H23ClFN. The van der Waals surface area contributed by atoms with Gasteiger partial charge >= 0.3 is 0 Å². The highest BCUT2D eigenvalue weighted by Gasteiger charge is 2.29. The minimum atomic E-state index is -0.306. The van der Waals surface area contributed by atoms with Gasteiger partial charge < -0.3 is 5.32 Å². The lowest BCUT2D eigenvalue weighted by molar-refractivity contribution is 0.288. The summed E-state index contributed by atoms with van der Waals surface area (Å²) in [4.78, 5) is 0. The zero-order valence-corrected chi connectivity index (χ0v) is 12.4. The molecule has 0 amide bonds. The summed E-state index contributed by atoms with van der Waals surface area (Å²) in [5.41, 5.74) is 1.19. The van der Waals surface area contributed by atoms with Gasteiger partial charge in [0.25, 0.3) is 0 Å². The van der Waals surface area contributed by atoms with Crippen LogP contribution in [-0.4, -0.2) is 12.1 Å². The molecule has 106 valence electrons. The Kier molecular flexibility index (Phi) is 5.23. The molecule has 1 aliphatic rings. The number of halogens is 2. The average Bonchev–Trinajstić information content (AvgIpc) is 2.60. The predicted molar refractivity (Wildman–Crippen MR) is 79.2 cm³/mol. The third kappa shape index (κ3) is 3.93. The van der Waals surface area contributed by atoms with E-state index in [0.717, 1.165) is 31.4 Å². The fourth-order valence-corrected chi connectivity index (χ4v) is 3.30. The summed E-state index contributed by atoms with van der Waals surface area (Å²) >= 11 is 5.75. The van der Waals surface area contributed by atoms with Gasteiger partial charge in [0.05, 0.1) is 5.02 Å². The maximum atomic E-state index is 13.6. The average molecular weight is 284 g/mol. The molecule has 1 unspecified atom stereocenters. The van der Waals surface area contributed by atoms with E-state index in [0.29, 0.717) is 0 Å². The Bertz CT molecular complexity index is 411. The molecular weight excluding hydrogens is 261 g/mol. The second-order valence-corrected chi connectivity index (χ2v) is 6.10. The van der Waals surface area contributed by atoms with Crippen LogP contribution in [0, 0.1) is 5.82 Å². The maximum absolute atomic E-state index is 13.6. The van der Waals surface area contributed by atoms with Crippen LogP contribution in [0.3, 0.4) is 0 Å². The van der Waals surface area contributed by atoms with Crippen molar-refractivity contribution in [2.45, 2.75) is 57.4 Å². The van der Waals surface area contributed by atoms with Crippen LogP contribution in [0.15, 0.2) is 18.2 Å². The standard InChI is InChI=1S/C16H23ClFN/c1-2-8-16(9-4-3-5-10-19-16)12-13-6-7-14(17)15(18)11-13/h6-7,11,19H,2-5,8-10,12H2,1H3. The molecule has 1 nitrogen and oxygen atoms in total. The first-order valence-corrected chi connectivity index (χ1v) is 7.72. The normalized spacial score (nSPS) is 24.2. The van der Waals surface area contributed by atoms with Crippen molar-refractivity contribution < 1.29 is 4.39 Å². The summed E-state index contributed by atoms with van der Waals surface area (Å²) in [6, 6.07) is 5.21. The van der Waals surface area contributed by atoms with Crippen molar-refractivity contribution >= 4 is 11.6 Å². The van der Waals surface area contributed by atoms with E-state index >= 15 is 0 Å². The van der Waals surface area contributed by atoms with Crippen molar-refractivity contribution in [1.82, 2.24) is 5.32 Å². The highest BCUT2D eigenvalue weighted by molar-refractivity contribution is 6.30. The molecule has 0 aromatic heterocycles. The van der Waals surface area contributed by atoms with Crippen molar-refractivity contribution in [2.24, 2.45) is 0 Å². The lowest BCUT2D eigenvalue weighted by Crippen LogP contribution is -2.46. The molecule has 1 atom stereocenters. The summed E-state index contributed by atoms with van der Waals surface area (Å²) in [6.45, 7) is 3.30. The molecule has 0 radical (unpaired) electrons. The van der Waals surface area contributed by atoms with Gasteiger partial charge in [0.1, 0.15) is 5.82 Å². The van der Waals surface area contributed by atoms with Gasteiger partial charge in [0.15, 0.2) is 0 Å². The van der Waals surface area contributed by atoms with Crippen LogP contribution in [0.4, 0.5) is 4.39 Å². The molecule has 1 heterocycles. The Labute approximate surface area is 120 Å². The van der Waals surface area contributed by atoms with Crippen molar-refractivity contribution in [3.05, 3.63) is 34.6 Å². The second-order valence-electron chi connectivity index (χ2n) is 5.69. The summed E-state index contributed by atoms with van der Waals surface area (Å²) in [5.74, 6) is -0.306. The van der Waals surface area contributed by atoms with Crippen molar-refractivity contribution in [3.8, 4) is 0 Å². The summed E-state index contributed by atoms with van der Waals surface area (Å²) in [5, 5.41) is 3.93. The fourth-order valence-electron chi connectivity index (χ4n) is 3.18. The minimum Gasteiger partial charge on any atom is -0.311 e. The lowest BCUT2D eigenvalue weighted by atomic mass is 9.83. The monoisotopic (exact) mass is 283 g/mol. The van der Waals surface area contributed by atoms with E-state index in [2.05, 4.69) is 12.2 Å². The Morgan fingerprint density at radius 3 is 2.89 bits per heavy atom. The van der Waals surface area contributed by atoms with E-state index < -0.39 is 0 Å². The Morgan fingerprint density at radius 1 is 1.32 bits per heavy atom. The first kappa shape index (κ1) is 14.8. The van der Waals surface area contributed by atoms with Crippen LogP contribution in [0.5, 0.6) is 0 Å². The molecule has 19 heavy (non-hydrogen) atoms. The minimum absolute atomic E-state index is 0.144. The topological polar surface area (TPSA) is 12.0 Å². The van der Waals surface area contributed by atoms with Crippen LogP contribution in [0.2, 0.25) is 5.02 Å². The molecule has 1 saturated heterocycles. The molecule has 0 spiro atoms. The molecule has 0 saturated carbocycles. The summed E-state index contributed by atoms with van der Waals surface area (Å²) in [6.07, 6.45) is 8.21. The van der Waals surface area contributed by atoms with E-state index in [1.165, 1.54) is 25.7 Å².